The molecule has 28 heavy (non-hydrogen) atoms. The largest absolute Gasteiger partial charge is 0.302 e. The third kappa shape index (κ3) is 3.78. The van der Waals surface area contributed by atoms with Gasteiger partial charge >= 0.3 is 0 Å². The Bertz CT molecular complexity index is 1060. The van der Waals surface area contributed by atoms with E-state index in [0.717, 1.165) is 15.0 Å². The van der Waals surface area contributed by atoms with Crippen LogP contribution in [0.25, 0.3) is 10.6 Å². The molecular formula is C19H14BrN3O3S2. The molecule has 0 bridgehead atoms. The number of fused-ring (bicyclic) bond motifs is 1. The van der Waals surface area contributed by atoms with Crippen molar-refractivity contribution < 1.29 is 14.4 Å². The summed E-state index contributed by atoms with van der Waals surface area (Å²) < 4.78 is 0.749. The van der Waals surface area contributed by atoms with E-state index in [0.29, 0.717) is 22.7 Å². The fraction of sp³-hybridized carbons (Fsp3) is 0.158. The predicted octanol–water partition coefficient (Wildman–Crippen LogP) is 4.65. The van der Waals surface area contributed by atoms with Crippen LogP contribution in [0.5, 0.6) is 0 Å². The van der Waals surface area contributed by atoms with Crippen molar-refractivity contribution in [3.8, 4) is 10.6 Å². The van der Waals surface area contributed by atoms with E-state index in [4.69, 9.17) is 0 Å². The van der Waals surface area contributed by atoms with Crippen molar-refractivity contribution in [2.24, 2.45) is 0 Å². The van der Waals surface area contributed by atoms with E-state index in [2.05, 4.69) is 26.2 Å². The lowest BCUT2D eigenvalue weighted by Crippen LogP contribution is -2.31. The van der Waals surface area contributed by atoms with Crippen molar-refractivity contribution >= 4 is 61.5 Å². The van der Waals surface area contributed by atoms with Gasteiger partial charge in [-0.05, 0) is 36.1 Å². The molecule has 3 aromatic rings. The highest BCUT2D eigenvalue weighted by Crippen LogP contribution is 2.29. The molecule has 142 valence electrons. The molecule has 0 unspecified atom stereocenters. The minimum Gasteiger partial charge on any atom is -0.302 e. The van der Waals surface area contributed by atoms with E-state index in [-0.39, 0.29) is 30.7 Å². The van der Waals surface area contributed by atoms with E-state index in [1.807, 2.05) is 22.9 Å². The maximum absolute atomic E-state index is 12.4. The Balaban J connectivity index is 1.30. The zero-order valence-electron chi connectivity index (χ0n) is 14.5. The van der Waals surface area contributed by atoms with Crippen molar-refractivity contribution in [1.82, 2.24) is 9.88 Å². The quantitative estimate of drug-likeness (QED) is 0.526. The van der Waals surface area contributed by atoms with Gasteiger partial charge in [0.25, 0.3) is 11.8 Å². The molecule has 4 rings (SSSR count). The number of nitrogens with zero attached hydrogens (tertiary/aromatic N) is 2. The van der Waals surface area contributed by atoms with Crippen LogP contribution >= 0.6 is 38.6 Å². The number of rotatable bonds is 6. The summed E-state index contributed by atoms with van der Waals surface area (Å²) in [5.41, 5.74) is 1.64. The average molecular weight is 476 g/mol. The molecule has 9 heteroatoms. The van der Waals surface area contributed by atoms with Crippen LogP contribution in [0.3, 0.4) is 0 Å². The SMILES string of the molecule is O=C(CCCN1C(=O)c2ccc(Br)cc2C1=O)Nc1nc(-c2cccs2)cs1. The highest BCUT2D eigenvalue weighted by Gasteiger charge is 2.35. The molecule has 3 amide bonds. The fourth-order valence-corrected chi connectivity index (χ4v) is 4.76. The van der Waals surface area contributed by atoms with Gasteiger partial charge in [-0.3, -0.25) is 19.3 Å². The molecule has 0 saturated heterocycles. The molecule has 2 aromatic heterocycles. The second-order valence-electron chi connectivity index (χ2n) is 6.12. The first-order valence-electron chi connectivity index (χ1n) is 8.48. The number of amides is 3. The monoisotopic (exact) mass is 475 g/mol. The summed E-state index contributed by atoms with van der Waals surface area (Å²) in [6.45, 7) is 0.204. The summed E-state index contributed by atoms with van der Waals surface area (Å²) in [4.78, 5) is 43.6. The first-order valence-corrected chi connectivity index (χ1v) is 11.0. The Morgan fingerprint density at radius 3 is 2.75 bits per heavy atom. The highest BCUT2D eigenvalue weighted by molar-refractivity contribution is 9.10. The standard InChI is InChI=1S/C19H14BrN3O3S2/c20-11-5-6-12-13(9-11)18(26)23(17(12)25)7-1-4-16(24)22-19-21-14(10-28-19)15-3-2-8-27-15/h2-3,5-6,8-10H,1,4,7H2,(H,21,22,24). The smallest absolute Gasteiger partial charge is 0.261 e. The molecule has 0 saturated carbocycles. The minimum atomic E-state index is -0.317. The van der Waals surface area contributed by atoms with Gasteiger partial charge in [0.2, 0.25) is 5.91 Å². The van der Waals surface area contributed by atoms with Crippen LogP contribution in [0.2, 0.25) is 0 Å². The average Bonchev–Trinajstić information content (AvgIpc) is 3.39. The van der Waals surface area contributed by atoms with E-state index >= 15 is 0 Å². The highest BCUT2D eigenvalue weighted by atomic mass is 79.9. The van der Waals surface area contributed by atoms with Gasteiger partial charge in [0.15, 0.2) is 5.13 Å². The number of imide groups is 1. The molecule has 0 spiro atoms. The number of benzene rings is 1. The number of anilines is 1. The lowest BCUT2D eigenvalue weighted by molar-refractivity contribution is -0.116. The van der Waals surface area contributed by atoms with Gasteiger partial charge in [0, 0.05) is 22.8 Å². The summed E-state index contributed by atoms with van der Waals surface area (Å²) in [7, 11) is 0. The summed E-state index contributed by atoms with van der Waals surface area (Å²) in [6, 6.07) is 8.96. The molecule has 0 radical (unpaired) electrons. The summed E-state index contributed by atoms with van der Waals surface area (Å²) in [5, 5.41) is 7.19. The number of carbonyl (C=O) groups is 3. The number of thiophene rings is 1. The molecule has 1 aromatic carbocycles. The molecule has 0 aliphatic carbocycles. The van der Waals surface area contributed by atoms with Gasteiger partial charge in [-0.2, -0.15) is 0 Å². The Labute approximate surface area is 177 Å². The Hall–Kier alpha value is -2.36. The van der Waals surface area contributed by atoms with Crippen LogP contribution in [0.1, 0.15) is 33.6 Å². The summed E-state index contributed by atoms with van der Waals surface area (Å²) >= 11 is 6.27. The van der Waals surface area contributed by atoms with E-state index in [1.54, 1.807) is 29.5 Å². The van der Waals surface area contributed by atoms with Gasteiger partial charge in [0.1, 0.15) is 0 Å². The Morgan fingerprint density at radius 2 is 1.96 bits per heavy atom. The van der Waals surface area contributed by atoms with Crippen molar-refractivity contribution in [2.75, 3.05) is 11.9 Å². The van der Waals surface area contributed by atoms with Crippen LogP contribution in [0.15, 0.2) is 45.6 Å². The normalized spacial score (nSPS) is 13.1. The number of hydrogen-bond acceptors (Lipinski definition) is 6. The summed E-state index contributed by atoms with van der Waals surface area (Å²) in [5.74, 6) is -0.818. The zero-order chi connectivity index (χ0) is 19.7. The molecule has 6 nitrogen and oxygen atoms in total. The molecular weight excluding hydrogens is 462 g/mol. The first kappa shape index (κ1) is 19.0. The molecule has 3 heterocycles. The van der Waals surface area contributed by atoms with Crippen LogP contribution in [0.4, 0.5) is 5.13 Å². The van der Waals surface area contributed by atoms with Crippen molar-refractivity contribution in [2.45, 2.75) is 12.8 Å². The van der Waals surface area contributed by atoms with E-state index in [1.165, 1.54) is 16.2 Å². The van der Waals surface area contributed by atoms with Gasteiger partial charge in [-0.25, -0.2) is 4.98 Å². The van der Waals surface area contributed by atoms with Crippen molar-refractivity contribution in [1.29, 1.82) is 0 Å². The van der Waals surface area contributed by atoms with E-state index in [9.17, 15) is 14.4 Å². The van der Waals surface area contributed by atoms with Crippen LogP contribution < -0.4 is 5.32 Å². The second-order valence-corrected chi connectivity index (χ2v) is 8.84. The number of nitrogens with one attached hydrogen (secondary N) is 1. The summed E-state index contributed by atoms with van der Waals surface area (Å²) in [6.07, 6.45) is 0.590. The van der Waals surface area contributed by atoms with Crippen LogP contribution in [0, 0.1) is 0 Å². The van der Waals surface area contributed by atoms with Gasteiger partial charge in [0.05, 0.1) is 21.7 Å². The second kappa shape index (κ2) is 7.94. The number of thiazole rings is 1. The minimum absolute atomic E-state index is 0.188. The maximum atomic E-state index is 12.4. The lowest BCUT2D eigenvalue weighted by atomic mass is 10.1. The third-order valence-corrected chi connectivity index (χ3v) is 6.39. The maximum Gasteiger partial charge on any atom is 0.261 e. The van der Waals surface area contributed by atoms with Crippen molar-refractivity contribution in [3.63, 3.8) is 0 Å². The number of aromatic nitrogens is 1. The topological polar surface area (TPSA) is 79.4 Å². The predicted molar refractivity (Wildman–Crippen MR) is 113 cm³/mol. The molecule has 0 atom stereocenters. The zero-order valence-corrected chi connectivity index (χ0v) is 17.7. The molecule has 1 aliphatic heterocycles. The number of hydrogen-bond donors (Lipinski definition) is 1. The number of halogens is 1. The van der Waals surface area contributed by atoms with Crippen molar-refractivity contribution in [3.05, 3.63) is 56.7 Å². The molecule has 1 N–H and O–H groups in total. The Morgan fingerprint density at radius 1 is 1.14 bits per heavy atom. The number of carbonyl (C=O) groups excluding carboxylic acids is 3. The lowest BCUT2D eigenvalue weighted by Gasteiger charge is -2.13. The van der Waals surface area contributed by atoms with Gasteiger partial charge in [-0.15, -0.1) is 22.7 Å². The first-order chi connectivity index (χ1) is 13.5. The van der Waals surface area contributed by atoms with Crippen LogP contribution in [-0.4, -0.2) is 34.2 Å². The van der Waals surface area contributed by atoms with Gasteiger partial charge < -0.3 is 5.32 Å². The van der Waals surface area contributed by atoms with E-state index < -0.39 is 0 Å². The molecule has 1 aliphatic rings. The Kier molecular flexibility index (Phi) is 5.38. The van der Waals surface area contributed by atoms with Gasteiger partial charge in [-0.1, -0.05) is 22.0 Å². The third-order valence-electron chi connectivity index (χ3n) is 4.24. The molecule has 0 fully saturated rings. The van der Waals surface area contributed by atoms with Crippen LogP contribution in [-0.2, 0) is 4.79 Å². The fourth-order valence-electron chi connectivity index (χ4n) is 2.91.